The number of nitrogens with one attached hydrogen (secondary N) is 1. The molecule has 0 aliphatic rings. The van der Waals surface area contributed by atoms with Crippen LogP contribution in [0.25, 0.3) is 0 Å². The number of anilines is 1. The molecule has 7 nitrogen and oxygen atoms in total. The van der Waals surface area contributed by atoms with E-state index < -0.39 is 0 Å². The number of benzene rings is 2. The van der Waals surface area contributed by atoms with Crippen molar-refractivity contribution in [2.45, 2.75) is 25.6 Å². The minimum Gasteiger partial charge on any atom is -0.457 e. The summed E-state index contributed by atoms with van der Waals surface area (Å²) in [6.07, 6.45) is 0. The largest absolute Gasteiger partial charge is 0.457 e. The first kappa shape index (κ1) is 18.9. The molecule has 0 aliphatic carbocycles. The van der Waals surface area contributed by atoms with Crippen LogP contribution in [0.15, 0.2) is 54.6 Å². The minimum absolute atomic E-state index is 0.0692. The van der Waals surface area contributed by atoms with Crippen LogP contribution in [0.5, 0.6) is 11.5 Å². The van der Waals surface area contributed by atoms with E-state index in [1.54, 1.807) is 4.68 Å². The van der Waals surface area contributed by atoms with Crippen molar-refractivity contribution in [2.24, 2.45) is 0 Å². The second-order valence-corrected chi connectivity index (χ2v) is 7.10. The molecule has 0 bridgehead atoms. The number of hydrogen-bond donors (Lipinski definition) is 1. The third kappa shape index (κ3) is 5.55. The van der Waals surface area contributed by atoms with Crippen LogP contribution in [0.4, 0.5) is 5.69 Å². The Hall–Kier alpha value is -2.87. The Morgan fingerprint density at radius 3 is 2.52 bits per heavy atom. The third-order valence-corrected chi connectivity index (χ3v) is 4.56. The second kappa shape index (κ2) is 9.18. The lowest BCUT2D eigenvalue weighted by molar-refractivity contribution is -0.113. The van der Waals surface area contributed by atoms with Crippen LogP contribution < -0.4 is 10.1 Å². The summed E-state index contributed by atoms with van der Waals surface area (Å²) < 4.78 is 7.50. The summed E-state index contributed by atoms with van der Waals surface area (Å²) >= 11 is 1.47. The average Bonchev–Trinajstić information content (AvgIpc) is 3.13. The van der Waals surface area contributed by atoms with Gasteiger partial charge in [0.15, 0.2) is 5.82 Å². The first-order chi connectivity index (χ1) is 13.1. The summed E-state index contributed by atoms with van der Waals surface area (Å²) in [6, 6.07) is 17.0. The number of aromatic nitrogens is 4. The predicted molar refractivity (Wildman–Crippen MR) is 106 cm³/mol. The Labute approximate surface area is 162 Å². The fourth-order valence-corrected chi connectivity index (χ4v) is 3.10. The van der Waals surface area contributed by atoms with Crippen molar-refractivity contribution in [3.8, 4) is 11.5 Å². The van der Waals surface area contributed by atoms with Gasteiger partial charge >= 0.3 is 0 Å². The fraction of sp³-hybridized carbons (Fsp3) is 0.263. The molecule has 140 valence electrons. The molecule has 8 heteroatoms. The lowest BCUT2D eigenvalue weighted by Gasteiger charge is -2.09. The molecule has 0 fully saturated rings. The van der Waals surface area contributed by atoms with Gasteiger partial charge in [0.1, 0.15) is 11.5 Å². The quantitative estimate of drug-likeness (QED) is 0.635. The third-order valence-electron chi connectivity index (χ3n) is 3.63. The van der Waals surface area contributed by atoms with Crippen LogP contribution in [0, 0.1) is 0 Å². The predicted octanol–water partition coefficient (Wildman–Crippen LogP) is 3.92. The molecule has 1 N–H and O–H groups in total. The molecule has 27 heavy (non-hydrogen) atoms. The highest BCUT2D eigenvalue weighted by Crippen LogP contribution is 2.22. The Morgan fingerprint density at radius 1 is 1.11 bits per heavy atom. The van der Waals surface area contributed by atoms with E-state index in [9.17, 15) is 4.79 Å². The molecule has 0 atom stereocenters. The van der Waals surface area contributed by atoms with E-state index in [1.165, 1.54) is 11.8 Å². The van der Waals surface area contributed by atoms with E-state index >= 15 is 0 Å². The maximum Gasteiger partial charge on any atom is 0.234 e. The van der Waals surface area contributed by atoms with Gasteiger partial charge in [-0.1, -0.05) is 18.2 Å². The highest BCUT2D eigenvalue weighted by atomic mass is 32.2. The molecule has 3 rings (SSSR count). The van der Waals surface area contributed by atoms with Gasteiger partial charge in [0.2, 0.25) is 5.91 Å². The van der Waals surface area contributed by atoms with Gasteiger partial charge in [0, 0.05) is 5.69 Å². The van der Waals surface area contributed by atoms with Gasteiger partial charge in [-0.05, 0) is 60.7 Å². The normalized spacial score (nSPS) is 10.8. The standard InChI is InChI=1S/C19H21N5O2S/c1-14(2)24-18(21-22-23-24)12-27-13-19(25)20-15-8-10-17(11-9-15)26-16-6-4-3-5-7-16/h3-11,14H,12-13H2,1-2H3,(H,20,25). The Bertz CT molecular complexity index is 865. The van der Waals surface area contributed by atoms with E-state index in [1.807, 2.05) is 68.4 Å². The van der Waals surface area contributed by atoms with Crippen molar-refractivity contribution in [1.82, 2.24) is 20.2 Å². The van der Waals surface area contributed by atoms with E-state index in [0.29, 0.717) is 17.3 Å². The van der Waals surface area contributed by atoms with Gasteiger partial charge in [-0.25, -0.2) is 4.68 Å². The highest BCUT2D eigenvalue weighted by molar-refractivity contribution is 7.99. The van der Waals surface area contributed by atoms with Crippen molar-refractivity contribution in [3.05, 3.63) is 60.4 Å². The van der Waals surface area contributed by atoms with Gasteiger partial charge in [0.05, 0.1) is 17.5 Å². The van der Waals surface area contributed by atoms with Gasteiger partial charge in [-0.3, -0.25) is 4.79 Å². The molecule has 1 heterocycles. The van der Waals surface area contributed by atoms with Crippen LogP contribution in [0.1, 0.15) is 25.7 Å². The summed E-state index contributed by atoms with van der Waals surface area (Å²) in [4.78, 5) is 12.1. The Kier molecular flexibility index (Phi) is 6.43. The first-order valence-corrected chi connectivity index (χ1v) is 9.74. The van der Waals surface area contributed by atoms with Gasteiger partial charge in [-0.15, -0.1) is 16.9 Å². The lowest BCUT2D eigenvalue weighted by atomic mass is 10.3. The number of tetrazole rings is 1. The number of carbonyl (C=O) groups excluding carboxylic acids is 1. The molecule has 3 aromatic rings. The first-order valence-electron chi connectivity index (χ1n) is 8.59. The summed E-state index contributed by atoms with van der Waals surface area (Å²) in [7, 11) is 0. The van der Waals surface area contributed by atoms with Crippen molar-refractivity contribution in [2.75, 3.05) is 11.1 Å². The van der Waals surface area contributed by atoms with Crippen LogP contribution in [0.3, 0.4) is 0 Å². The van der Waals surface area contributed by atoms with Crippen LogP contribution in [-0.2, 0) is 10.5 Å². The molecule has 1 aromatic heterocycles. The topological polar surface area (TPSA) is 81.9 Å². The van der Waals surface area contributed by atoms with Crippen LogP contribution in [0.2, 0.25) is 0 Å². The molecule has 2 aromatic carbocycles. The number of nitrogens with zero attached hydrogens (tertiary/aromatic N) is 4. The van der Waals surface area contributed by atoms with Gasteiger partial charge in [0.25, 0.3) is 0 Å². The van der Waals surface area contributed by atoms with E-state index in [-0.39, 0.29) is 11.9 Å². The number of rotatable bonds is 8. The maximum atomic E-state index is 12.1. The average molecular weight is 383 g/mol. The molecule has 0 radical (unpaired) electrons. The maximum absolute atomic E-state index is 12.1. The molecule has 0 saturated heterocycles. The van der Waals surface area contributed by atoms with Crippen LogP contribution >= 0.6 is 11.8 Å². The van der Waals surface area contributed by atoms with Gasteiger partial charge in [-0.2, -0.15) is 0 Å². The van der Waals surface area contributed by atoms with Crippen LogP contribution in [-0.4, -0.2) is 31.9 Å². The zero-order valence-electron chi connectivity index (χ0n) is 15.2. The SMILES string of the molecule is CC(C)n1nnnc1CSCC(=O)Nc1ccc(Oc2ccccc2)cc1. The zero-order valence-corrected chi connectivity index (χ0v) is 16.0. The summed E-state index contributed by atoms with van der Waals surface area (Å²) in [5, 5.41) is 14.5. The Balaban J connectivity index is 1.46. The summed E-state index contributed by atoms with van der Waals surface area (Å²) in [5.41, 5.74) is 0.730. The van der Waals surface area contributed by atoms with Gasteiger partial charge < -0.3 is 10.1 Å². The fourth-order valence-electron chi connectivity index (χ4n) is 2.37. The molecule has 0 saturated carbocycles. The van der Waals surface area contributed by atoms with E-state index in [2.05, 4.69) is 20.8 Å². The Morgan fingerprint density at radius 2 is 1.81 bits per heavy atom. The molecule has 0 spiro atoms. The number of ether oxygens (including phenoxy) is 1. The molecular weight excluding hydrogens is 362 g/mol. The second-order valence-electron chi connectivity index (χ2n) is 6.11. The minimum atomic E-state index is -0.0692. The number of amides is 1. The number of thioether (sulfide) groups is 1. The number of carbonyl (C=O) groups is 1. The molecule has 0 unspecified atom stereocenters. The lowest BCUT2D eigenvalue weighted by Crippen LogP contribution is -2.14. The molecule has 1 amide bonds. The van der Waals surface area contributed by atoms with Crippen molar-refractivity contribution in [3.63, 3.8) is 0 Å². The smallest absolute Gasteiger partial charge is 0.234 e. The monoisotopic (exact) mass is 383 g/mol. The number of para-hydroxylation sites is 1. The van der Waals surface area contributed by atoms with Crippen molar-refractivity contribution in [1.29, 1.82) is 0 Å². The molecular formula is C19H21N5O2S. The van der Waals surface area contributed by atoms with Crippen molar-refractivity contribution >= 4 is 23.4 Å². The highest BCUT2D eigenvalue weighted by Gasteiger charge is 2.10. The molecule has 0 aliphatic heterocycles. The summed E-state index contributed by atoms with van der Waals surface area (Å²) in [5.74, 6) is 3.10. The number of hydrogen-bond acceptors (Lipinski definition) is 6. The van der Waals surface area contributed by atoms with E-state index in [0.717, 1.165) is 17.3 Å². The van der Waals surface area contributed by atoms with Crippen molar-refractivity contribution < 1.29 is 9.53 Å². The zero-order chi connectivity index (χ0) is 19.1. The summed E-state index contributed by atoms with van der Waals surface area (Å²) in [6.45, 7) is 4.03. The van der Waals surface area contributed by atoms with E-state index in [4.69, 9.17) is 4.74 Å².